The monoisotopic (exact) mass is 212 g/mol. The first-order valence-electron chi connectivity index (χ1n) is 5.57. The lowest BCUT2D eigenvalue weighted by molar-refractivity contribution is -0.136. The van der Waals surface area contributed by atoms with E-state index in [9.17, 15) is 4.79 Å². The van der Waals surface area contributed by atoms with E-state index in [1.54, 1.807) is 0 Å². The first-order chi connectivity index (χ1) is 7.19. The number of esters is 1. The van der Waals surface area contributed by atoms with Crippen molar-refractivity contribution in [3.05, 3.63) is 12.2 Å². The minimum atomic E-state index is -0.277. The Hall–Kier alpha value is -0.830. The van der Waals surface area contributed by atoms with E-state index in [4.69, 9.17) is 5.11 Å². The van der Waals surface area contributed by atoms with Crippen LogP contribution in [0.4, 0.5) is 0 Å². The summed E-state index contributed by atoms with van der Waals surface area (Å²) in [6.07, 6.45) is 5.05. The largest absolute Gasteiger partial charge is 0.466 e. The van der Waals surface area contributed by atoms with Crippen molar-refractivity contribution in [2.24, 2.45) is 11.8 Å². The van der Waals surface area contributed by atoms with Gasteiger partial charge >= 0.3 is 5.97 Å². The van der Waals surface area contributed by atoms with Crippen molar-refractivity contribution < 1.29 is 14.6 Å². The van der Waals surface area contributed by atoms with Crippen LogP contribution in [0.15, 0.2) is 12.2 Å². The van der Waals surface area contributed by atoms with Crippen LogP contribution in [0.1, 0.15) is 32.1 Å². The molecule has 0 unspecified atom stereocenters. The van der Waals surface area contributed by atoms with Gasteiger partial charge in [-0.25, -0.2) is 4.79 Å². The van der Waals surface area contributed by atoms with Crippen molar-refractivity contribution in [1.82, 2.24) is 0 Å². The van der Waals surface area contributed by atoms with Crippen molar-refractivity contribution in [3.63, 3.8) is 0 Å². The topological polar surface area (TPSA) is 46.5 Å². The first-order valence-corrected chi connectivity index (χ1v) is 5.57. The van der Waals surface area contributed by atoms with Crippen molar-refractivity contribution in [2.75, 3.05) is 13.7 Å². The van der Waals surface area contributed by atoms with Gasteiger partial charge in [-0.05, 0) is 43.9 Å². The van der Waals surface area contributed by atoms with Gasteiger partial charge in [-0.2, -0.15) is 0 Å². The van der Waals surface area contributed by atoms with E-state index in [1.807, 2.05) is 0 Å². The lowest BCUT2D eigenvalue weighted by atomic mass is 9.78. The summed E-state index contributed by atoms with van der Waals surface area (Å²) in [4.78, 5) is 11.3. The standard InChI is InChI=1S/C12H20O3/c1-9(12(14)15-2)11-5-3-10(4-6-11)7-8-13/h10-11,13H,1,3-8H2,2H3. The van der Waals surface area contributed by atoms with Crippen LogP contribution in [0.3, 0.4) is 0 Å². The van der Waals surface area contributed by atoms with E-state index in [2.05, 4.69) is 11.3 Å². The molecule has 0 aromatic carbocycles. The highest BCUT2D eigenvalue weighted by Crippen LogP contribution is 2.34. The molecule has 1 fully saturated rings. The second-order valence-electron chi connectivity index (χ2n) is 4.25. The van der Waals surface area contributed by atoms with Crippen molar-refractivity contribution in [1.29, 1.82) is 0 Å². The number of ether oxygens (including phenoxy) is 1. The maximum absolute atomic E-state index is 11.3. The zero-order valence-electron chi connectivity index (χ0n) is 9.37. The molecule has 0 aliphatic heterocycles. The molecule has 0 atom stereocenters. The van der Waals surface area contributed by atoms with Gasteiger partial charge in [0.1, 0.15) is 0 Å². The molecule has 0 aromatic heterocycles. The van der Waals surface area contributed by atoms with Crippen molar-refractivity contribution in [2.45, 2.75) is 32.1 Å². The maximum Gasteiger partial charge on any atom is 0.333 e. The predicted molar refractivity (Wildman–Crippen MR) is 58.3 cm³/mol. The summed E-state index contributed by atoms with van der Waals surface area (Å²) < 4.78 is 4.66. The minimum Gasteiger partial charge on any atom is -0.466 e. The van der Waals surface area contributed by atoms with Gasteiger partial charge in [-0.15, -0.1) is 0 Å². The molecule has 0 aromatic rings. The molecule has 0 radical (unpaired) electrons. The van der Waals surface area contributed by atoms with Crippen LogP contribution in [0.5, 0.6) is 0 Å². The number of hydrogen-bond acceptors (Lipinski definition) is 3. The number of methoxy groups -OCH3 is 1. The highest BCUT2D eigenvalue weighted by Gasteiger charge is 2.25. The third-order valence-electron chi connectivity index (χ3n) is 3.32. The van der Waals surface area contributed by atoms with Gasteiger partial charge in [0.15, 0.2) is 0 Å². The van der Waals surface area contributed by atoms with E-state index in [0.29, 0.717) is 11.5 Å². The van der Waals surface area contributed by atoms with E-state index in [0.717, 1.165) is 32.1 Å². The van der Waals surface area contributed by atoms with Gasteiger partial charge in [0.25, 0.3) is 0 Å². The second-order valence-corrected chi connectivity index (χ2v) is 4.25. The molecule has 3 heteroatoms. The molecule has 1 N–H and O–H groups in total. The smallest absolute Gasteiger partial charge is 0.333 e. The van der Waals surface area contributed by atoms with Crippen LogP contribution in [-0.2, 0) is 9.53 Å². The molecule has 1 rings (SSSR count). The fraction of sp³-hybridized carbons (Fsp3) is 0.750. The summed E-state index contributed by atoms with van der Waals surface area (Å²) in [6, 6.07) is 0. The summed E-state index contributed by atoms with van der Waals surface area (Å²) in [7, 11) is 1.39. The van der Waals surface area contributed by atoms with Crippen LogP contribution in [-0.4, -0.2) is 24.8 Å². The zero-order chi connectivity index (χ0) is 11.3. The highest BCUT2D eigenvalue weighted by atomic mass is 16.5. The molecule has 0 saturated heterocycles. The number of aliphatic hydroxyl groups is 1. The molecule has 86 valence electrons. The SMILES string of the molecule is C=C(C(=O)OC)C1CCC(CCO)CC1. The number of carbonyl (C=O) groups is 1. The molecular weight excluding hydrogens is 192 g/mol. The number of aliphatic hydroxyl groups excluding tert-OH is 1. The summed E-state index contributed by atoms with van der Waals surface area (Å²) in [5.74, 6) is 0.629. The summed E-state index contributed by atoms with van der Waals surface area (Å²) >= 11 is 0. The zero-order valence-corrected chi connectivity index (χ0v) is 9.37. The van der Waals surface area contributed by atoms with Gasteiger partial charge in [-0.3, -0.25) is 0 Å². The van der Waals surface area contributed by atoms with Crippen LogP contribution in [0.2, 0.25) is 0 Å². The molecular formula is C12H20O3. The van der Waals surface area contributed by atoms with Gasteiger partial charge in [-0.1, -0.05) is 6.58 Å². The average Bonchev–Trinajstić information content (AvgIpc) is 2.28. The molecule has 0 amide bonds. The third-order valence-corrected chi connectivity index (χ3v) is 3.32. The second kappa shape index (κ2) is 5.91. The molecule has 0 spiro atoms. The fourth-order valence-electron chi connectivity index (χ4n) is 2.28. The van der Waals surface area contributed by atoms with Crippen LogP contribution < -0.4 is 0 Å². The number of hydrogen-bond donors (Lipinski definition) is 1. The molecule has 1 aliphatic rings. The van der Waals surface area contributed by atoms with Crippen LogP contribution >= 0.6 is 0 Å². The summed E-state index contributed by atoms with van der Waals surface area (Å²) in [5.41, 5.74) is 0.611. The normalized spacial score (nSPS) is 26.0. The first kappa shape index (κ1) is 12.2. The molecule has 0 bridgehead atoms. The van der Waals surface area contributed by atoms with E-state index < -0.39 is 0 Å². The van der Waals surface area contributed by atoms with E-state index in [1.165, 1.54) is 7.11 Å². The molecule has 0 heterocycles. The molecule has 1 aliphatic carbocycles. The molecule has 15 heavy (non-hydrogen) atoms. The predicted octanol–water partition coefficient (Wildman–Crippen LogP) is 1.90. The number of rotatable bonds is 4. The van der Waals surface area contributed by atoms with E-state index >= 15 is 0 Å². The summed E-state index contributed by atoms with van der Waals surface area (Å²) in [6.45, 7) is 4.07. The highest BCUT2D eigenvalue weighted by molar-refractivity contribution is 5.88. The molecule has 3 nitrogen and oxygen atoms in total. The fourth-order valence-corrected chi connectivity index (χ4v) is 2.28. The third kappa shape index (κ3) is 3.34. The van der Waals surface area contributed by atoms with Crippen molar-refractivity contribution in [3.8, 4) is 0 Å². The van der Waals surface area contributed by atoms with Crippen LogP contribution in [0, 0.1) is 11.8 Å². The van der Waals surface area contributed by atoms with Crippen LogP contribution in [0.25, 0.3) is 0 Å². The molecule has 1 saturated carbocycles. The Labute approximate surface area is 91.1 Å². The Balaban J connectivity index is 2.37. The Morgan fingerprint density at radius 3 is 2.47 bits per heavy atom. The minimum absolute atomic E-state index is 0.271. The lowest BCUT2D eigenvalue weighted by Gasteiger charge is -2.28. The van der Waals surface area contributed by atoms with E-state index in [-0.39, 0.29) is 18.5 Å². The quantitative estimate of drug-likeness (QED) is 0.572. The Bertz CT molecular complexity index is 227. The van der Waals surface area contributed by atoms with Gasteiger partial charge in [0.05, 0.1) is 7.11 Å². The summed E-state index contributed by atoms with van der Waals surface area (Å²) in [5, 5.41) is 8.83. The van der Waals surface area contributed by atoms with Gasteiger partial charge < -0.3 is 9.84 Å². The maximum atomic E-state index is 11.3. The Morgan fingerprint density at radius 2 is 2.00 bits per heavy atom. The van der Waals surface area contributed by atoms with Gasteiger partial charge in [0.2, 0.25) is 0 Å². The van der Waals surface area contributed by atoms with Gasteiger partial charge in [0, 0.05) is 12.2 Å². The number of carbonyl (C=O) groups excluding carboxylic acids is 1. The Morgan fingerprint density at radius 1 is 1.40 bits per heavy atom. The lowest BCUT2D eigenvalue weighted by Crippen LogP contribution is -2.20. The average molecular weight is 212 g/mol. The van der Waals surface area contributed by atoms with Crippen molar-refractivity contribution >= 4 is 5.97 Å². The Kier molecular flexibility index (Phi) is 4.82.